The summed E-state index contributed by atoms with van der Waals surface area (Å²) < 4.78 is 26.1. The summed E-state index contributed by atoms with van der Waals surface area (Å²) in [5.41, 5.74) is 1.13. The smallest absolute Gasteiger partial charge is 0.410 e. The molecule has 2 aliphatic heterocycles. The summed E-state index contributed by atoms with van der Waals surface area (Å²) in [6.45, 7) is 16.2. The molecule has 2 aliphatic rings. The maximum Gasteiger partial charge on any atom is 0.410 e. The summed E-state index contributed by atoms with van der Waals surface area (Å²) in [5.74, 6) is -0.943. The molecule has 0 aliphatic carbocycles. The maximum atomic E-state index is 14.7. The fourth-order valence-corrected chi connectivity index (χ4v) is 6.05. The van der Waals surface area contributed by atoms with Crippen molar-refractivity contribution in [3.8, 4) is 5.75 Å². The minimum atomic E-state index is -0.674. The fraction of sp³-hybridized carbons (Fsp3) is 0.472. The van der Waals surface area contributed by atoms with Gasteiger partial charge in [-0.3, -0.25) is 14.5 Å². The van der Waals surface area contributed by atoms with E-state index in [1.54, 1.807) is 28.0 Å². The zero-order valence-corrected chi connectivity index (χ0v) is 27.3. The van der Waals surface area contributed by atoms with Gasteiger partial charge in [-0.1, -0.05) is 49.1 Å². The van der Waals surface area contributed by atoms with Crippen molar-refractivity contribution < 1.29 is 28.2 Å². The third-order valence-electron chi connectivity index (χ3n) is 8.06. The molecule has 248 valence electrons. The van der Waals surface area contributed by atoms with Crippen LogP contribution in [-0.2, 0) is 27.3 Å². The first-order valence-corrected chi connectivity index (χ1v) is 15.9. The second-order valence-corrected chi connectivity index (χ2v) is 13.1. The highest BCUT2D eigenvalue weighted by Gasteiger charge is 2.38. The van der Waals surface area contributed by atoms with Crippen LogP contribution in [-0.4, -0.2) is 89.6 Å². The van der Waals surface area contributed by atoms with Crippen LogP contribution in [0.4, 0.5) is 9.18 Å². The van der Waals surface area contributed by atoms with Crippen molar-refractivity contribution in [2.75, 3.05) is 39.3 Å². The van der Waals surface area contributed by atoms with Crippen molar-refractivity contribution in [2.24, 2.45) is 5.92 Å². The lowest BCUT2D eigenvalue weighted by atomic mass is 9.95. The summed E-state index contributed by atoms with van der Waals surface area (Å²) in [6.07, 6.45) is 3.63. The normalized spacial score (nSPS) is 19.4. The van der Waals surface area contributed by atoms with Gasteiger partial charge in [0.25, 0.3) is 0 Å². The Morgan fingerprint density at radius 3 is 2.52 bits per heavy atom. The third-order valence-corrected chi connectivity index (χ3v) is 8.06. The molecule has 46 heavy (non-hydrogen) atoms. The molecule has 4 rings (SSSR count). The van der Waals surface area contributed by atoms with E-state index in [0.717, 1.165) is 0 Å². The van der Waals surface area contributed by atoms with E-state index in [9.17, 15) is 18.8 Å². The molecule has 1 N–H and O–H groups in total. The first-order valence-electron chi connectivity index (χ1n) is 15.9. The number of hydrogen-bond donors (Lipinski definition) is 1. The minimum absolute atomic E-state index is 0.0920. The second-order valence-electron chi connectivity index (χ2n) is 13.1. The molecule has 2 aromatic carbocycles. The number of nitrogens with one attached hydrogen (secondary N) is 1. The predicted molar refractivity (Wildman–Crippen MR) is 176 cm³/mol. The van der Waals surface area contributed by atoms with Gasteiger partial charge in [-0.25, -0.2) is 9.18 Å². The van der Waals surface area contributed by atoms with Crippen LogP contribution in [0.5, 0.6) is 5.75 Å². The van der Waals surface area contributed by atoms with E-state index >= 15 is 0 Å². The average molecular weight is 635 g/mol. The highest BCUT2D eigenvalue weighted by atomic mass is 19.1. The number of piperazine rings is 1. The molecule has 9 nitrogen and oxygen atoms in total. The highest BCUT2D eigenvalue weighted by Crippen LogP contribution is 2.25. The zero-order valence-electron chi connectivity index (χ0n) is 27.3. The van der Waals surface area contributed by atoms with Crippen LogP contribution in [0.2, 0.25) is 0 Å². The molecular weight excluding hydrogens is 587 g/mol. The molecule has 0 bridgehead atoms. The van der Waals surface area contributed by atoms with Gasteiger partial charge in [0.05, 0.1) is 5.92 Å². The Labute approximate surface area is 272 Å². The van der Waals surface area contributed by atoms with Gasteiger partial charge >= 0.3 is 6.09 Å². The first kappa shape index (κ1) is 34.7. The number of halogens is 1. The maximum absolute atomic E-state index is 14.7. The van der Waals surface area contributed by atoms with Crippen molar-refractivity contribution in [1.29, 1.82) is 0 Å². The molecule has 3 amide bonds. The Morgan fingerprint density at radius 1 is 1.07 bits per heavy atom. The Kier molecular flexibility index (Phi) is 12.0. The van der Waals surface area contributed by atoms with Crippen LogP contribution in [0, 0.1) is 11.7 Å². The van der Waals surface area contributed by atoms with Crippen LogP contribution in [0.15, 0.2) is 73.8 Å². The Morgan fingerprint density at radius 2 is 1.83 bits per heavy atom. The van der Waals surface area contributed by atoms with Gasteiger partial charge in [0.2, 0.25) is 11.8 Å². The fourth-order valence-electron chi connectivity index (χ4n) is 6.05. The molecule has 10 heteroatoms. The van der Waals surface area contributed by atoms with Crippen molar-refractivity contribution in [3.05, 3.63) is 90.8 Å². The Hall–Kier alpha value is -4.18. The van der Waals surface area contributed by atoms with E-state index in [1.807, 2.05) is 39.0 Å². The number of nitrogens with zero attached hydrogens (tertiary/aromatic N) is 3. The molecule has 0 saturated carbocycles. The molecule has 0 aromatic heterocycles. The van der Waals surface area contributed by atoms with Crippen molar-refractivity contribution in [2.45, 2.75) is 64.3 Å². The standard InChI is InChI=1S/C36H47FN4O5/c1-6-13-40-24-28(20-33(40)42)34(43)38-30(18-27-17-29(37)21-32(19-27)45-16-7-2)22-31-25-39(23-26-11-9-8-10-12-26)14-15-41(31)35(44)46-36(3,4)5/h6-12,17,19,21,28,30-31H,1-2,13-16,18,20,22-25H2,3-5H3,(H,38,43)/t28?,30-,31-/m0/s1. The van der Waals surface area contributed by atoms with Gasteiger partial charge in [0, 0.05) is 63.8 Å². The number of rotatable bonds is 13. The Bertz CT molecular complexity index is 1380. The number of likely N-dealkylation sites (tertiary alicyclic amines) is 1. The van der Waals surface area contributed by atoms with Gasteiger partial charge < -0.3 is 24.6 Å². The first-order chi connectivity index (χ1) is 21.9. The molecule has 3 atom stereocenters. The highest BCUT2D eigenvalue weighted by molar-refractivity contribution is 5.89. The van der Waals surface area contributed by atoms with Crippen LogP contribution < -0.4 is 10.1 Å². The SMILES string of the molecule is C=CCOc1cc(F)cc(C[C@@H](C[C@H]2CN(Cc3ccccc3)CCN2C(=O)OC(C)(C)C)NC(=O)C2CC(=O)N(CC=C)C2)c1. The molecule has 2 heterocycles. The van der Waals surface area contributed by atoms with E-state index in [-0.39, 0.29) is 30.9 Å². The van der Waals surface area contributed by atoms with Crippen molar-refractivity contribution >= 4 is 17.9 Å². The van der Waals surface area contributed by atoms with Gasteiger partial charge in [-0.2, -0.15) is 0 Å². The number of carbonyl (C=O) groups excluding carboxylic acids is 3. The van der Waals surface area contributed by atoms with Gasteiger partial charge in [0.15, 0.2) is 0 Å². The van der Waals surface area contributed by atoms with E-state index in [4.69, 9.17) is 9.47 Å². The van der Waals surface area contributed by atoms with E-state index in [2.05, 4.69) is 35.5 Å². The lowest BCUT2D eigenvalue weighted by Crippen LogP contribution is -2.58. The number of benzene rings is 2. The average Bonchev–Trinajstić information content (AvgIpc) is 3.36. The van der Waals surface area contributed by atoms with Gasteiger partial charge in [0.1, 0.15) is 23.8 Å². The van der Waals surface area contributed by atoms with Crippen LogP contribution in [0.1, 0.15) is 44.7 Å². The molecule has 0 radical (unpaired) electrons. The van der Waals surface area contributed by atoms with Crippen molar-refractivity contribution in [3.63, 3.8) is 0 Å². The zero-order chi connectivity index (χ0) is 33.3. The number of hydrogen-bond acceptors (Lipinski definition) is 6. The van der Waals surface area contributed by atoms with Crippen LogP contribution in [0.25, 0.3) is 0 Å². The van der Waals surface area contributed by atoms with Crippen LogP contribution >= 0.6 is 0 Å². The molecule has 0 spiro atoms. The lowest BCUT2D eigenvalue weighted by Gasteiger charge is -2.43. The molecule has 2 fully saturated rings. The summed E-state index contributed by atoms with van der Waals surface area (Å²) in [4.78, 5) is 45.3. The van der Waals surface area contributed by atoms with Crippen LogP contribution in [0.3, 0.4) is 0 Å². The number of carbonyl (C=O) groups is 3. The second kappa shape index (κ2) is 15.9. The monoisotopic (exact) mass is 634 g/mol. The molecule has 1 unspecified atom stereocenters. The summed E-state index contributed by atoms with van der Waals surface area (Å²) >= 11 is 0. The lowest BCUT2D eigenvalue weighted by molar-refractivity contribution is -0.129. The summed E-state index contributed by atoms with van der Waals surface area (Å²) in [7, 11) is 0. The summed E-state index contributed by atoms with van der Waals surface area (Å²) in [5, 5.41) is 3.17. The predicted octanol–water partition coefficient (Wildman–Crippen LogP) is 4.96. The number of ether oxygens (including phenoxy) is 2. The molecule has 2 saturated heterocycles. The molecular formula is C36H47FN4O5. The largest absolute Gasteiger partial charge is 0.489 e. The van der Waals surface area contributed by atoms with E-state index < -0.39 is 29.5 Å². The third kappa shape index (κ3) is 10.2. The molecule has 2 aromatic rings. The Balaban J connectivity index is 1.60. The summed E-state index contributed by atoms with van der Waals surface area (Å²) in [6, 6.07) is 13.9. The van der Waals surface area contributed by atoms with E-state index in [0.29, 0.717) is 63.4 Å². The minimum Gasteiger partial charge on any atom is -0.489 e. The topological polar surface area (TPSA) is 91.4 Å². The van der Waals surface area contributed by atoms with E-state index in [1.165, 1.54) is 17.7 Å². The van der Waals surface area contributed by atoms with Gasteiger partial charge in [-0.15, -0.1) is 6.58 Å². The number of amides is 3. The van der Waals surface area contributed by atoms with Crippen molar-refractivity contribution in [1.82, 2.24) is 20.0 Å². The quantitative estimate of drug-likeness (QED) is 0.313. The van der Waals surface area contributed by atoms with Gasteiger partial charge in [-0.05, 0) is 56.9 Å².